The largest absolute Gasteiger partial charge is 0.493 e. The number of carbonyl (C=O) groups is 1. The van der Waals surface area contributed by atoms with Crippen LogP contribution in [0, 0.1) is 11.7 Å². The number of urea groups is 1. The normalized spacial score (nSPS) is 21.6. The first-order chi connectivity index (χ1) is 19.7. The molecule has 1 aliphatic rings. The Morgan fingerprint density at radius 2 is 1.81 bits per heavy atom. The van der Waals surface area contributed by atoms with Gasteiger partial charge in [0.1, 0.15) is 11.6 Å². The number of piperidine rings is 1. The standard InChI is InChI=1S/C25H34FN3O2/c1-19(2)18-31-24-10-6-20(7-11-24)16-27-25(30)29(23-12-14-28(3)15-13-23)17-21-4-8-22(26)9-5-21/h4-11,19,23H,12-18H2,1-3H3,(H,27,30)/i4D,5D,6D,7D,8D,9D,10D,11D,17D2,18D2. The van der Waals surface area contributed by atoms with Crippen molar-refractivity contribution in [1.29, 1.82) is 0 Å². The van der Waals surface area contributed by atoms with E-state index >= 15 is 0 Å². The molecule has 2 aromatic carbocycles. The minimum Gasteiger partial charge on any atom is -0.493 e. The fourth-order valence-corrected chi connectivity index (χ4v) is 2.93. The van der Waals surface area contributed by atoms with Crippen LogP contribution in [0.15, 0.2) is 48.3 Å². The van der Waals surface area contributed by atoms with E-state index in [-0.39, 0.29) is 18.4 Å². The molecule has 1 heterocycles. The summed E-state index contributed by atoms with van der Waals surface area (Å²) in [6.07, 6.45) is 0.551. The molecule has 0 unspecified atom stereocenters. The molecule has 0 bridgehead atoms. The number of amides is 2. The molecule has 1 N–H and O–H groups in total. The monoisotopic (exact) mass is 439 g/mol. The van der Waals surface area contributed by atoms with Crippen molar-refractivity contribution in [3.05, 3.63) is 65.3 Å². The fourth-order valence-electron chi connectivity index (χ4n) is 2.93. The third-order valence-electron chi connectivity index (χ3n) is 4.57. The molecule has 6 heteroatoms. The van der Waals surface area contributed by atoms with Gasteiger partial charge in [0.05, 0.1) is 23.0 Å². The van der Waals surface area contributed by atoms with E-state index < -0.39 is 103 Å². The van der Waals surface area contributed by atoms with Crippen molar-refractivity contribution in [1.82, 2.24) is 15.1 Å². The number of nitrogens with zero attached hydrogens (tertiary/aromatic N) is 2. The van der Waals surface area contributed by atoms with E-state index in [1.807, 2.05) is 11.9 Å². The molecule has 1 fully saturated rings. The van der Waals surface area contributed by atoms with Gasteiger partial charge in [0.25, 0.3) is 0 Å². The molecule has 1 aliphatic heterocycles. The van der Waals surface area contributed by atoms with Gasteiger partial charge in [-0.1, -0.05) is 38.0 Å². The van der Waals surface area contributed by atoms with Crippen LogP contribution in [0.4, 0.5) is 9.18 Å². The highest BCUT2D eigenvalue weighted by atomic mass is 19.1. The summed E-state index contributed by atoms with van der Waals surface area (Å²) in [7, 11) is 1.83. The van der Waals surface area contributed by atoms with Crippen LogP contribution in [0.25, 0.3) is 0 Å². The summed E-state index contributed by atoms with van der Waals surface area (Å²) in [6.45, 7) is -1.91. The Labute approximate surface area is 202 Å². The van der Waals surface area contributed by atoms with E-state index in [9.17, 15) is 9.18 Å². The van der Waals surface area contributed by atoms with Gasteiger partial charge in [-0.3, -0.25) is 0 Å². The third-order valence-corrected chi connectivity index (χ3v) is 4.57. The first-order valence-corrected chi connectivity index (χ1v) is 10.1. The molecular formula is C25H34FN3O2. The van der Waals surface area contributed by atoms with Crippen molar-refractivity contribution in [3.63, 3.8) is 0 Å². The molecule has 1 saturated heterocycles. The predicted octanol–water partition coefficient (Wildman–Crippen LogP) is 4.67. The maximum absolute atomic E-state index is 14.3. The number of likely N-dealkylation sites (tertiary alicyclic amines) is 1. The van der Waals surface area contributed by atoms with Gasteiger partial charge < -0.3 is 19.9 Å². The summed E-state index contributed by atoms with van der Waals surface area (Å²) in [5.41, 5.74) is -1.11. The molecule has 0 saturated carbocycles. The van der Waals surface area contributed by atoms with Crippen LogP contribution < -0.4 is 10.1 Å². The van der Waals surface area contributed by atoms with E-state index in [1.165, 1.54) is 13.8 Å². The molecule has 0 aromatic heterocycles. The Hall–Kier alpha value is -2.60. The lowest BCUT2D eigenvalue weighted by Gasteiger charge is -2.37. The molecule has 3 rings (SSSR count). The zero-order valence-electron chi connectivity index (χ0n) is 29.8. The molecule has 0 atom stereocenters. The van der Waals surface area contributed by atoms with Gasteiger partial charge in [0.15, 0.2) is 0 Å². The smallest absolute Gasteiger partial charge is 0.318 e. The van der Waals surface area contributed by atoms with Gasteiger partial charge in [-0.05, 0) is 74.2 Å². The van der Waals surface area contributed by atoms with Crippen molar-refractivity contribution >= 4 is 6.03 Å². The quantitative estimate of drug-likeness (QED) is 0.650. The van der Waals surface area contributed by atoms with Crippen molar-refractivity contribution < 1.29 is 30.4 Å². The average Bonchev–Trinajstić information content (AvgIpc) is 2.93. The molecular weight excluding hydrogens is 393 g/mol. The van der Waals surface area contributed by atoms with Crippen LogP contribution in [0.1, 0.15) is 54.3 Å². The van der Waals surface area contributed by atoms with Gasteiger partial charge in [0, 0.05) is 19.1 Å². The lowest BCUT2D eigenvalue weighted by molar-refractivity contribution is 0.127. The van der Waals surface area contributed by atoms with Gasteiger partial charge in [0.2, 0.25) is 0 Å². The Morgan fingerprint density at radius 3 is 2.42 bits per heavy atom. The summed E-state index contributed by atoms with van der Waals surface area (Å²) in [4.78, 5) is 16.4. The SMILES string of the molecule is [2H]c1c([2H])c(C([2H])([2H])N(C(=O)NCc2c([2H])c([2H])c(OC([2H])([2H])C(C)C)c([2H])c2[2H])C2CCN(C)CC2)c([2H])c([2H])c1F. The predicted molar refractivity (Wildman–Crippen MR) is 121 cm³/mol. The van der Waals surface area contributed by atoms with E-state index in [4.69, 9.17) is 21.2 Å². The van der Waals surface area contributed by atoms with E-state index in [0.29, 0.717) is 13.1 Å². The topological polar surface area (TPSA) is 44.8 Å². The number of carbonyl (C=O) groups excluding carboxylic acids is 1. The molecule has 5 nitrogen and oxygen atoms in total. The molecule has 31 heavy (non-hydrogen) atoms. The highest BCUT2D eigenvalue weighted by molar-refractivity contribution is 5.74. The second-order valence-electron chi connectivity index (χ2n) is 7.55. The maximum atomic E-state index is 14.3. The van der Waals surface area contributed by atoms with Crippen LogP contribution in [0.3, 0.4) is 0 Å². The number of hydrogen-bond acceptors (Lipinski definition) is 3. The number of nitrogens with one attached hydrogen (secondary N) is 1. The lowest BCUT2D eigenvalue weighted by atomic mass is 10.0. The molecule has 0 spiro atoms. The Bertz CT molecular complexity index is 1340. The zero-order valence-corrected chi connectivity index (χ0v) is 17.8. The van der Waals surface area contributed by atoms with Gasteiger partial charge >= 0.3 is 6.03 Å². The number of hydrogen-bond donors (Lipinski definition) is 1. The van der Waals surface area contributed by atoms with Crippen LogP contribution >= 0.6 is 0 Å². The third kappa shape index (κ3) is 7.24. The highest BCUT2D eigenvalue weighted by Crippen LogP contribution is 2.19. The van der Waals surface area contributed by atoms with Gasteiger partial charge in [-0.2, -0.15) is 0 Å². The van der Waals surface area contributed by atoms with Crippen molar-refractivity contribution in [3.8, 4) is 5.75 Å². The van der Waals surface area contributed by atoms with Crippen LogP contribution in [-0.4, -0.2) is 48.6 Å². The number of benzene rings is 2. The first kappa shape index (κ1) is 11.9. The van der Waals surface area contributed by atoms with Gasteiger partial charge in [-0.25, -0.2) is 9.18 Å². The number of halogens is 1. The van der Waals surface area contributed by atoms with Crippen LogP contribution in [0.2, 0.25) is 0 Å². The van der Waals surface area contributed by atoms with E-state index in [2.05, 4.69) is 5.32 Å². The molecule has 0 radical (unpaired) electrons. The summed E-state index contributed by atoms with van der Waals surface area (Å²) in [5, 5.41) is 2.41. The minimum atomic E-state index is -2.97. The first-order valence-electron chi connectivity index (χ1n) is 16.1. The molecule has 0 aliphatic carbocycles. The van der Waals surface area contributed by atoms with Crippen LogP contribution in [-0.2, 0) is 13.0 Å². The fraction of sp³-hybridized carbons (Fsp3) is 0.480. The second-order valence-corrected chi connectivity index (χ2v) is 7.55. The van der Waals surface area contributed by atoms with Crippen molar-refractivity contribution in [2.45, 2.75) is 45.8 Å². The number of rotatable bonds is 8. The molecule has 168 valence electrons. The molecule has 2 amide bonds. The summed E-state index contributed by atoms with van der Waals surface area (Å²) >= 11 is 0. The van der Waals surface area contributed by atoms with Crippen LogP contribution in [0.5, 0.6) is 5.75 Å². The Balaban J connectivity index is 2.03. The average molecular weight is 440 g/mol. The molecule has 2 aromatic rings. The summed E-state index contributed by atoms with van der Waals surface area (Å²) in [6, 6.07) is -8.58. The Kier molecular flexibility index (Phi) is 4.26. The maximum Gasteiger partial charge on any atom is 0.318 e. The van der Waals surface area contributed by atoms with Crippen molar-refractivity contribution in [2.75, 3.05) is 26.7 Å². The second kappa shape index (κ2) is 11.1. The zero-order chi connectivity index (χ0) is 32.8. The lowest BCUT2D eigenvalue weighted by Crippen LogP contribution is -2.49. The summed E-state index contributed by atoms with van der Waals surface area (Å²) in [5.74, 6) is -2.74. The minimum absolute atomic E-state index is 0.276. The summed E-state index contributed by atoms with van der Waals surface area (Å²) < 4.78 is 119. The van der Waals surface area contributed by atoms with Crippen molar-refractivity contribution in [2.24, 2.45) is 5.92 Å². The van der Waals surface area contributed by atoms with Gasteiger partial charge in [-0.15, -0.1) is 0 Å². The Morgan fingerprint density at radius 1 is 1.19 bits per heavy atom. The van der Waals surface area contributed by atoms with E-state index in [0.717, 1.165) is 4.90 Å². The highest BCUT2D eigenvalue weighted by Gasteiger charge is 2.27. The van der Waals surface area contributed by atoms with E-state index in [1.54, 1.807) is 0 Å². The number of ether oxygens (including phenoxy) is 1.